The molecule has 3 aromatic rings. The van der Waals surface area contributed by atoms with E-state index in [0.717, 1.165) is 30.2 Å². The highest BCUT2D eigenvalue weighted by Crippen LogP contribution is 2.28. The molecule has 0 spiro atoms. The molecule has 0 fully saturated rings. The Morgan fingerprint density at radius 1 is 0.926 bits per heavy atom. The van der Waals surface area contributed by atoms with Crippen LogP contribution in [0.1, 0.15) is 35.7 Å². The minimum absolute atomic E-state index is 0.0858. The summed E-state index contributed by atoms with van der Waals surface area (Å²) in [6.45, 7) is 3.74. The van der Waals surface area contributed by atoms with Crippen molar-refractivity contribution in [3.05, 3.63) is 71.8 Å². The number of fused-ring (bicyclic) bond motifs is 1. The van der Waals surface area contributed by atoms with Gasteiger partial charge in [0.05, 0.1) is 12.2 Å². The van der Waals surface area contributed by atoms with E-state index < -0.39 is 0 Å². The molecule has 0 aliphatic carbocycles. The second kappa shape index (κ2) is 9.19. The average Bonchev–Trinajstić information content (AvgIpc) is 2.70. The number of unbranched alkanes of at least 4 members (excludes halogenated alkanes) is 1. The topological polar surface area (TPSA) is 55.8 Å². The van der Waals surface area contributed by atoms with Crippen LogP contribution in [0.4, 0.5) is 0 Å². The van der Waals surface area contributed by atoms with Crippen molar-refractivity contribution in [2.75, 3.05) is 19.8 Å². The van der Waals surface area contributed by atoms with Gasteiger partial charge in [0.15, 0.2) is 5.78 Å². The number of hydrogen-bond donors (Lipinski definition) is 1. The Morgan fingerprint density at radius 3 is 2.56 bits per heavy atom. The van der Waals surface area contributed by atoms with Gasteiger partial charge in [-0.3, -0.25) is 4.79 Å². The number of benzene rings is 3. The van der Waals surface area contributed by atoms with E-state index in [4.69, 9.17) is 9.47 Å². The van der Waals surface area contributed by atoms with Gasteiger partial charge in [-0.15, -0.1) is 0 Å². The highest BCUT2D eigenvalue weighted by Gasteiger charge is 2.16. The van der Waals surface area contributed by atoms with Crippen molar-refractivity contribution in [1.82, 2.24) is 0 Å². The number of ketones is 1. The lowest BCUT2D eigenvalue weighted by Gasteiger charge is -2.10. The number of carbonyl (C=O) groups excluding carboxylic acids is 1. The van der Waals surface area contributed by atoms with E-state index in [9.17, 15) is 9.90 Å². The fourth-order valence-electron chi connectivity index (χ4n) is 2.93. The molecule has 0 aromatic heterocycles. The molecular weight excluding hydrogens is 340 g/mol. The van der Waals surface area contributed by atoms with Gasteiger partial charge in [0.25, 0.3) is 0 Å². The summed E-state index contributed by atoms with van der Waals surface area (Å²) >= 11 is 0. The third-order valence-corrected chi connectivity index (χ3v) is 4.39. The van der Waals surface area contributed by atoms with E-state index in [2.05, 4.69) is 6.92 Å². The highest BCUT2D eigenvalue weighted by atomic mass is 16.5. The average molecular weight is 364 g/mol. The minimum atomic E-state index is -0.209. The molecule has 0 saturated heterocycles. The summed E-state index contributed by atoms with van der Waals surface area (Å²) in [7, 11) is 0. The minimum Gasteiger partial charge on any atom is -0.507 e. The van der Waals surface area contributed by atoms with Crippen LogP contribution in [0.5, 0.6) is 11.5 Å². The van der Waals surface area contributed by atoms with Gasteiger partial charge in [-0.05, 0) is 29.3 Å². The largest absolute Gasteiger partial charge is 0.507 e. The van der Waals surface area contributed by atoms with Crippen LogP contribution in [-0.4, -0.2) is 30.7 Å². The SMILES string of the molecule is CCCCOCCOc1ccc(C(=O)c2cccc3ccccc23)c(O)c1. The highest BCUT2D eigenvalue weighted by molar-refractivity contribution is 6.17. The summed E-state index contributed by atoms with van der Waals surface area (Å²) in [6, 6.07) is 18.1. The molecule has 0 aliphatic heterocycles. The van der Waals surface area contributed by atoms with Gasteiger partial charge < -0.3 is 14.6 Å². The van der Waals surface area contributed by atoms with Crippen molar-refractivity contribution in [3.8, 4) is 11.5 Å². The predicted octanol–water partition coefficient (Wildman–Crippen LogP) is 4.97. The molecule has 0 bridgehead atoms. The summed E-state index contributed by atoms with van der Waals surface area (Å²) in [5.41, 5.74) is 0.833. The number of hydrogen-bond acceptors (Lipinski definition) is 4. The first-order valence-electron chi connectivity index (χ1n) is 9.26. The first kappa shape index (κ1) is 18.9. The van der Waals surface area contributed by atoms with Gasteiger partial charge in [-0.2, -0.15) is 0 Å². The molecule has 0 heterocycles. The van der Waals surface area contributed by atoms with E-state index in [1.807, 2.05) is 36.4 Å². The first-order valence-corrected chi connectivity index (χ1v) is 9.26. The molecule has 3 aromatic carbocycles. The van der Waals surface area contributed by atoms with Crippen LogP contribution in [0.25, 0.3) is 10.8 Å². The summed E-state index contributed by atoms with van der Waals surface area (Å²) < 4.78 is 11.0. The lowest BCUT2D eigenvalue weighted by atomic mass is 9.97. The maximum atomic E-state index is 12.9. The van der Waals surface area contributed by atoms with E-state index >= 15 is 0 Å². The number of phenols is 1. The maximum Gasteiger partial charge on any atom is 0.197 e. The van der Waals surface area contributed by atoms with Crippen molar-refractivity contribution in [2.24, 2.45) is 0 Å². The Labute approximate surface area is 159 Å². The maximum absolute atomic E-state index is 12.9. The van der Waals surface area contributed by atoms with Gasteiger partial charge in [0.1, 0.15) is 18.1 Å². The molecule has 3 rings (SSSR count). The molecule has 27 heavy (non-hydrogen) atoms. The van der Waals surface area contributed by atoms with E-state index in [-0.39, 0.29) is 17.1 Å². The van der Waals surface area contributed by atoms with Gasteiger partial charge >= 0.3 is 0 Å². The second-order valence-corrected chi connectivity index (χ2v) is 6.35. The monoisotopic (exact) mass is 364 g/mol. The lowest BCUT2D eigenvalue weighted by molar-refractivity contribution is 0.0978. The molecule has 4 heteroatoms. The van der Waals surface area contributed by atoms with E-state index in [1.165, 1.54) is 6.07 Å². The Morgan fingerprint density at radius 2 is 1.74 bits per heavy atom. The smallest absolute Gasteiger partial charge is 0.197 e. The summed E-state index contributed by atoms with van der Waals surface area (Å²) in [5, 5.41) is 12.2. The van der Waals surface area contributed by atoms with Crippen molar-refractivity contribution in [2.45, 2.75) is 19.8 Å². The van der Waals surface area contributed by atoms with Gasteiger partial charge in [0, 0.05) is 18.2 Å². The van der Waals surface area contributed by atoms with Crippen molar-refractivity contribution >= 4 is 16.6 Å². The van der Waals surface area contributed by atoms with E-state index in [1.54, 1.807) is 18.2 Å². The Bertz CT molecular complexity index is 912. The fourth-order valence-corrected chi connectivity index (χ4v) is 2.93. The normalized spacial score (nSPS) is 10.9. The Balaban J connectivity index is 1.71. The van der Waals surface area contributed by atoms with Crippen LogP contribution < -0.4 is 4.74 Å². The molecule has 1 N–H and O–H groups in total. The molecule has 140 valence electrons. The van der Waals surface area contributed by atoms with Crippen LogP contribution in [0.15, 0.2) is 60.7 Å². The first-order chi connectivity index (χ1) is 13.2. The van der Waals surface area contributed by atoms with Crippen molar-refractivity contribution in [3.63, 3.8) is 0 Å². The predicted molar refractivity (Wildman–Crippen MR) is 107 cm³/mol. The van der Waals surface area contributed by atoms with Crippen LogP contribution >= 0.6 is 0 Å². The van der Waals surface area contributed by atoms with E-state index in [0.29, 0.717) is 24.5 Å². The summed E-state index contributed by atoms with van der Waals surface area (Å²) in [4.78, 5) is 12.9. The van der Waals surface area contributed by atoms with Crippen LogP contribution in [0.2, 0.25) is 0 Å². The summed E-state index contributed by atoms with van der Waals surface area (Å²) in [5.74, 6) is 0.220. The molecule has 0 amide bonds. The zero-order chi connectivity index (χ0) is 19.1. The van der Waals surface area contributed by atoms with Gasteiger partial charge in [0.2, 0.25) is 0 Å². The molecule has 4 nitrogen and oxygen atoms in total. The van der Waals surface area contributed by atoms with Crippen molar-refractivity contribution < 1.29 is 19.4 Å². The van der Waals surface area contributed by atoms with Gasteiger partial charge in [-0.1, -0.05) is 55.8 Å². The Hall–Kier alpha value is -2.85. The van der Waals surface area contributed by atoms with Crippen LogP contribution in [-0.2, 0) is 4.74 Å². The summed E-state index contributed by atoms with van der Waals surface area (Å²) in [6.07, 6.45) is 2.13. The number of aromatic hydroxyl groups is 1. The van der Waals surface area contributed by atoms with Crippen LogP contribution in [0.3, 0.4) is 0 Å². The molecule has 0 atom stereocenters. The number of carbonyl (C=O) groups is 1. The molecule has 0 aliphatic rings. The third kappa shape index (κ3) is 4.66. The van der Waals surface area contributed by atoms with Crippen LogP contribution in [0, 0.1) is 0 Å². The number of ether oxygens (including phenoxy) is 2. The standard InChI is InChI=1S/C23H24O4/c1-2-3-13-26-14-15-27-18-11-12-21(22(24)16-18)23(25)20-10-6-8-17-7-4-5-9-19(17)20/h4-12,16,24H,2-3,13-15H2,1H3. The fraction of sp³-hybridized carbons (Fsp3) is 0.261. The molecule has 0 saturated carbocycles. The third-order valence-electron chi connectivity index (χ3n) is 4.39. The molecule has 0 unspecified atom stereocenters. The van der Waals surface area contributed by atoms with Crippen molar-refractivity contribution in [1.29, 1.82) is 0 Å². The number of rotatable bonds is 9. The zero-order valence-corrected chi connectivity index (χ0v) is 15.5. The molecular formula is C23H24O4. The lowest BCUT2D eigenvalue weighted by Crippen LogP contribution is -2.08. The quantitative estimate of drug-likeness (QED) is 0.430. The molecule has 0 radical (unpaired) electrons. The second-order valence-electron chi connectivity index (χ2n) is 6.35. The number of phenolic OH excluding ortho intramolecular Hbond substituents is 1. The Kier molecular flexibility index (Phi) is 6.44. The zero-order valence-electron chi connectivity index (χ0n) is 15.5. The van der Waals surface area contributed by atoms with Gasteiger partial charge in [-0.25, -0.2) is 0 Å².